The largest absolute Gasteiger partial charge is 0.343 e. The second-order valence-electron chi connectivity index (χ2n) is 25.9. The molecule has 0 saturated carbocycles. The molecule has 0 spiro atoms. The van der Waals surface area contributed by atoms with Gasteiger partial charge in [-0.3, -0.25) is 52.7 Å². The van der Waals surface area contributed by atoms with Gasteiger partial charge in [0.1, 0.15) is 60.4 Å². The highest BCUT2D eigenvalue weighted by atomic mass is 16.2. The van der Waals surface area contributed by atoms with Gasteiger partial charge in [-0.15, -0.1) is 0 Å². The van der Waals surface area contributed by atoms with Crippen molar-refractivity contribution >= 4 is 65.0 Å². The van der Waals surface area contributed by atoms with E-state index in [0.717, 1.165) is 0 Å². The van der Waals surface area contributed by atoms with Crippen molar-refractivity contribution in [1.29, 1.82) is 0 Å². The molecule has 0 radical (unpaired) electrons. The molecule has 470 valence electrons. The van der Waals surface area contributed by atoms with E-state index < -0.39 is 144 Å². The standard InChI is InChI=1S/C60H109N11O11/c1-25-26-42-56(78)65(18)32-48(72)66(19)43(27-33(2)3)54(76)64-49(38(12)13)59(81)67(20)44(28-34(4)5)52(74)61-40(16)51(73)62-41(17)55(77)69(22)46(30-36(8)9)57(79)70(23)47(31-37(10)11)58(80)71(24)50(39(14)15)60(82)68(21)45(29-35(6)7)53(75)63-42/h33-47,49-50H,25-32H2,1-24H3,(H,61,74)(H,62,73)(H,63,75)(H,64,76)/t40-,41+,42+,43+,44+,45+,46+,47+,49+,50+/m1/s1. The highest BCUT2D eigenvalue weighted by Crippen LogP contribution is 2.25. The lowest BCUT2D eigenvalue weighted by Crippen LogP contribution is -2.61. The minimum absolute atomic E-state index is 0.109. The zero-order chi connectivity index (χ0) is 63.7. The highest BCUT2D eigenvalue weighted by Gasteiger charge is 2.44. The molecule has 0 unspecified atom stereocenters. The Kier molecular flexibility index (Phi) is 30.3. The van der Waals surface area contributed by atoms with Gasteiger partial charge < -0.3 is 55.6 Å². The molecule has 1 rings (SSSR count). The van der Waals surface area contributed by atoms with Crippen LogP contribution in [0.4, 0.5) is 0 Å². The van der Waals surface area contributed by atoms with Gasteiger partial charge in [0.05, 0.1) is 6.54 Å². The predicted molar refractivity (Wildman–Crippen MR) is 318 cm³/mol. The fourth-order valence-corrected chi connectivity index (χ4v) is 10.4. The Balaban J connectivity index is 4.23. The summed E-state index contributed by atoms with van der Waals surface area (Å²) in [5, 5.41) is 11.2. The average Bonchev–Trinajstić information content (AvgIpc) is 3.47. The number of likely N-dealkylation sites (N-methyl/N-ethyl adjacent to an activating group) is 7. The number of rotatable bonds is 14. The Labute approximate surface area is 492 Å². The van der Waals surface area contributed by atoms with E-state index >= 15 is 4.79 Å². The van der Waals surface area contributed by atoms with Crippen molar-refractivity contribution in [2.45, 2.75) is 223 Å². The van der Waals surface area contributed by atoms with Gasteiger partial charge in [-0.05, 0) is 93.8 Å². The number of hydrogen-bond donors (Lipinski definition) is 4. The van der Waals surface area contributed by atoms with Gasteiger partial charge in [0.25, 0.3) is 0 Å². The van der Waals surface area contributed by atoms with Gasteiger partial charge in [-0.1, -0.05) is 110 Å². The summed E-state index contributed by atoms with van der Waals surface area (Å²) in [6, 6.07) is -11.3. The van der Waals surface area contributed by atoms with E-state index in [1.54, 1.807) is 27.7 Å². The normalized spacial score (nSPS) is 26.6. The molecule has 1 heterocycles. The summed E-state index contributed by atoms with van der Waals surface area (Å²) in [6.07, 6.45) is 1.58. The van der Waals surface area contributed by atoms with Crippen LogP contribution in [-0.2, 0) is 52.7 Å². The topological polar surface area (TPSA) is 259 Å². The van der Waals surface area contributed by atoms with Crippen molar-refractivity contribution in [2.24, 2.45) is 41.4 Å². The van der Waals surface area contributed by atoms with Crippen LogP contribution in [0.2, 0.25) is 0 Å². The molecule has 0 aromatic heterocycles. The summed E-state index contributed by atoms with van der Waals surface area (Å²) in [7, 11) is 10.3. The number of carbonyl (C=O) groups excluding carboxylic acids is 11. The van der Waals surface area contributed by atoms with Crippen LogP contribution in [0, 0.1) is 41.4 Å². The molecule has 1 fully saturated rings. The Hall–Kier alpha value is -5.83. The molecule has 0 aromatic rings. The van der Waals surface area contributed by atoms with Crippen LogP contribution in [0.15, 0.2) is 0 Å². The molecule has 22 heteroatoms. The molecule has 0 bridgehead atoms. The van der Waals surface area contributed by atoms with E-state index in [1.807, 2.05) is 76.2 Å². The highest BCUT2D eigenvalue weighted by molar-refractivity contribution is 5.99. The number of amides is 11. The van der Waals surface area contributed by atoms with Crippen molar-refractivity contribution in [1.82, 2.24) is 55.6 Å². The lowest BCUT2D eigenvalue weighted by Gasteiger charge is -2.41. The zero-order valence-electron chi connectivity index (χ0n) is 54.6. The zero-order valence-corrected chi connectivity index (χ0v) is 54.6. The van der Waals surface area contributed by atoms with E-state index in [4.69, 9.17) is 0 Å². The first-order valence-corrected chi connectivity index (χ1v) is 29.8. The van der Waals surface area contributed by atoms with Crippen LogP contribution >= 0.6 is 0 Å². The van der Waals surface area contributed by atoms with Crippen molar-refractivity contribution in [3.05, 3.63) is 0 Å². The molecule has 10 atom stereocenters. The number of nitrogens with zero attached hydrogens (tertiary/aromatic N) is 7. The summed E-state index contributed by atoms with van der Waals surface area (Å²) >= 11 is 0. The van der Waals surface area contributed by atoms with Gasteiger partial charge >= 0.3 is 0 Å². The Bertz CT molecular complexity index is 2200. The minimum Gasteiger partial charge on any atom is -0.343 e. The quantitative estimate of drug-likeness (QED) is 0.195. The molecule has 11 amide bonds. The monoisotopic (exact) mass is 1160 g/mol. The van der Waals surface area contributed by atoms with E-state index in [1.165, 1.54) is 97.5 Å². The van der Waals surface area contributed by atoms with Crippen LogP contribution in [-0.4, -0.2) is 216 Å². The van der Waals surface area contributed by atoms with Crippen LogP contribution < -0.4 is 21.3 Å². The maximum absolute atomic E-state index is 15.0. The summed E-state index contributed by atoms with van der Waals surface area (Å²) in [4.78, 5) is 168. The molecule has 1 aliphatic heterocycles. The minimum atomic E-state index is -1.21. The third-order valence-corrected chi connectivity index (χ3v) is 15.4. The smallest absolute Gasteiger partial charge is 0.246 e. The molecule has 82 heavy (non-hydrogen) atoms. The second-order valence-corrected chi connectivity index (χ2v) is 25.9. The lowest BCUT2D eigenvalue weighted by atomic mass is 9.94. The molecule has 0 aliphatic carbocycles. The van der Waals surface area contributed by atoms with Crippen LogP contribution in [0.3, 0.4) is 0 Å². The first-order valence-electron chi connectivity index (χ1n) is 29.8. The third kappa shape index (κ3) is 21.1. The van der Waals surface area contributed by atoms with Crippen LogP contribution in [0.25, 0.3) is 0 Å². The molecule has 0 aromatic carbocycles. The van der Waals surface area contributed by atoms with Gasteiger partial charge in [0, 0.05) is 49.3 Å². The maximum atomic E-state index is 15.0. The van der Waals surface area contributed by atoms with Gasteiger partial charge in [-0.2, -0.15) is 0 Å². The molecular formula is C60H109N11O11. The Morgan fingerprint density at radius 1 is 0.378 bits per heavy atom. The summed E-state index contributed by atoms with van der Waals surface area (Å²) in [5.74, 6) is -8.19. The van der Waals surface area contributed by atoms with E-state index in [2.05, 4.69) is 21.3 Å². The molecule has 1 saturated heterocycles. The van der Waals surface area contributed by atoms with E-state index in [-0.39, 0.29) is 68.1 Å². The van der Waals surface area contributed by atoms with Crippen molar-refractivity contribution in [3.63, 3.8) is 0 Å². The number of carbonyl (C=O) groups is 11. The Morgan fingerprint density at radius 3 is 1.15 bits per heavy atom. The van der Waals surface area contributed by atoms with Crippen molar-refractivity contribution in [3.8, 4) is 0 Å². The van der Waals surface area contributed by atoms with Crippen molar-refractivity contribution in [2.75, 3.05) is 55.9 Å². The molecule has 22 nitrogen and oxygen atoms in total. The lowest BCUT2D eigenvalue weighted by molar-refractivity contribution is -0.156. The number of hydrogen-bond acceptors (Lipinski definition) is 11. The fourth-order valence-electron chi connectivity index (χ4n) is 10.4. The SMILES string of the molecule is CCC[C@@H]1NC(=O)[C@H](CC(C)C)N(C)C(=O)[C@H](C(C)C)N(C)C(=O)[C@H](CC(C)C)N(C)C(=O)[C@H](CC(C)C)N(C)C(=O)[C@H](C)NC(=O)[C@@H](C)NC(=O)[C@H](CC(C)C)N(C)C(=O)[C@H](C(C)C)NC(=O)[C@H](CC(C)C)N(C)C(=O)CN(C)C1=O. The third-order valence-electron chi connectivity index (χ3n) is 15.4. The first-order chi connectivity index (χ1) is 37.7. The summed E-state index contributed by atoms with van der Waals surface area (Å²) in [5.41, 5.74) is 0. The Morgan fingerprint density at radius 2 is 0.732 bits per heavy atom. The van der Waals surface area contributed by atoms with Gasteiger partial charge in [0.2, 0.25) is 65.0 Å². The average molecular weight is 1160 g/mol. The predicted octanol–water partition coefficient (Wildman–Crippen LogP) is 3.74. The molecule has 1 aliphatic rings. The van der Waals surface area contributed by atoms with Crippen molar-refractivity contribution < 1.29 is 52.7 Å². The number of nitrogens with one attached hydrogen (secondary N) is 4. The van der Waals surface area contributed by atoms with E-state index in [9.17, 15) is 47.9 Å². The molecular weight excluding hydrogens is 1050 g/mol. The summed E-state index contributed by atoms with van der Waals surface area (Å²) in [6.45, 7) is 30.2. The first kappa shape index (κ1) is 74.2. The van der Waals surface area contributed by atoms with E-state index in [0.29, 0.717) is 6.42 Å². The fraction of sp³-hybridized carbons (Fsp3) is 0.817. The second kappa shape index (κ2) is 33.5. The molecule has 4 N–H and O–H groups in total. The summed E-state index contributed by atoms with van der Waals surface area (Å²) < 4.78 is 0. The van der Waals surface area contributed by atoms with Gasteiger partial charge in [-0.25, -0.2) is 0 Å². The van der Waals surface area contributed by atoms with Crippen LogP contribution in [0.5, 0.6) is 0 Å². The van der Waals surface area contributed by atoms with Gasteiger partial charge in [0.15, 0.2) is 0 Å². The van der Waals surface area contributed by atoms with Crippen LogP contribution in [0.1, 0.15) is 163 Å². The maximum Gasteiger partial charge on any atom is 0.246 e.